The summed E-state index contributed by atoms with van der Waals surface area (Å²) >= 11 is 3.42. The van der Waals surface area contributed by atoms with Crippen LogP contribution in [0.5, 0.6) is 5.75 Å². The van der Waals surface area contributed by atoms with Gasteiger partial charge in [0.05, 0.1) is 12.8 Å². The lowest BCUT2D eigenvalue weighted by atomic mass is 9.98. The number of nitrogens with two attached hydrogens (primary N) is 1. The maximum Gasteiger partial charge on any atom is 0.142 e. The van der Waals surface area contributed by atoms with Crippen molar-refractivity contribution in [3.8, 4) is 34.2 Å². The number of aromatic nitrogens is 1. The molecule has 0 fully saturated rings. The zero-order valence-electron chi connectivity index (χ0n) is 13.0. The van der Waals surface area contributed by atoms with Gasteiger partial charge in [0.2, 0.25) is 0 Å². The van der Waals surface area contributed by atoms with Gasteiger partial charge in [-0.15, -0.1) is 0 Å². The molecule has 1 aromatic heterocycles. The van der Waals surface area contributed by atoms with Crippen LogP contribution in [0.4, 0.5) is 5.82 Å². The third kappa shape index (κ3) is 3.10. The Labute approximate surface area is 148 Å². The molecule has 0 aliphatic rings. The van der Waals surface area contributed by atoms with Gasteiger partial charge in [0.15, 0.2) is 0 Å². The van der Waals surface area contributed by atoms with Crippen molar-refractivity contribution in [1.29, 1.82) is 5.26 Å². The molecular weight excluding hydrogens is 366 g/mol. The molecule has 3 aromatic rings. The van der Waals surface area contributed by atoms with Gasteiger partial charge in [-0.2, -0.15) is 5.26 Å². The first kappa shape index (κ1) is 16.0. The van der Waals surface area contributed by atoms with Crippen LogP contribution in [0, 0.1) is 11.3 Å². The molecule has 0 saturated carbocycles. The number of hydrogen-bond acceptors (Lipinski definition) is 4. The molecule has 0 spiro atoms. The van der Waals surface area contributed by atoms with Crippen molar-refractivity contribution < 1.29 is 4.74 Å². The van der Waals surface area contributed by atoms with Gasteiger partial charge in [-0.05, 0) is 48.0 Å². The second-order valence-corrected chi connectivity index (χ2v) is 6.08. The number of ether oxygens (including phenoxy) is 1. The Bertz CT molecular complexity index is 913. The van der Waals surface area contributed by atoms with E-state index < -0.39 is 0 Å². The van der Waals surface area contributed by atoms with Crippen molar-refractivity contribution in [2.24, 2.45) is 0 Å². The van der Waals surface area contributed by atoms with Gasteiger partial charge in [0, 0.05) is 15.6 Å². The zero-order valence-corrected chi connectivity index (χ0v) is 14.5. The van der Waals surface area contributed by atoms with E-state index in [1.165, 1.54) is 0 Å². The quantitative estimate of drug-likeness (QED) is 0.719. The molecule has 3 rings (SSSR count). The number of pyridine rings is 1. The highest BCUT2D eigenvalue weighted by molar-refractivity contribution is 9.10. The first-order valence-corrected chi connectivity index (χ1v) is 8.02. The lowest BCUT2D eigenvalue weighted by molar-refractivity contribution is 0.415. The first-order valence-electron chi connectivity index (χ1n) is 7.23. The number of halogens is 1. The van der Waals surface area contributed by atoms with Crippen LogP contribution in [0.25, 0.3) is 22.4 Å². The number of hydrogen-bond donors (Lipinski definition) is 1. The van der Waals surface area contributed by atoms with Crippen LogP contribution in [-0.4, -0.2) is 12.1 Å². The van der Waals surface area contributed by atoms with E-state index in [4.69, 9.17) is 10.5 Å². The molecule has 24 heavy (non-hydrogen) atoms. The van der Waals surface area contributed by atoms with Crippen molar-refractivity contribution in [2.45, 2.75) is 0 Å². The molecule has 0 atom stereocenters. The van der Waals surface area contributed by atoms with E-state index in [9.17, 15) is 5.26 Å². The molecule has 0 unspecified atom stereocenters. The fourth-order valence-electron chi connectivity index (χ4n) is 2.45. The van der Waals surface area contributed by atoms with Crippen LogP contribution >= 0.6 is 15.9 Å². The van der Waals surface area contributed by atoms with Gasteiger partial charge >= 0.3 is 0 Å². The summed E-state index contributed by atoms with van der Waals surface area (Å²) in [5.41, 5.74) is 9.71. The van der Waals surface area contributed by atoms with Crippen LogP contribution in [0.15, 0.2) is 59.1 Å². The molecule has 0 aliphatic heterocycles. The Hall–Kier alpha value is -2.84. The summed E-state index contributed by atoms with van der Waals surface area (Å²) in [7, 11) is 1.62. The number of benzene rings is 2. The Morgan fingerprint density at radius 1 is 1.04 bits per heavy atom. The van der Waals surface area contributed by atoms with Crippen LogP contribution in [0.1, 0.15) is 5.56 Å². The Balaban J connectivity index is 2.15. The van der Waals surface area contributed by atoms with E-state index in [0.717, 1.165) is 26.9 Å². The van der Waals surface area contributed by atoms with Gasteiger partial charge in [-0.1, -0.05) is 28.1 Å². The van der Waals surface area contributed by atoms with E-state index in [2.05, 4.69) is 27.0 Å². The number of nitrogen functional groups attached to an aromatic ring is 1. The molecule has 0 aliphatic carbocycles. The second kappa shape index (κ2) is 6.73. The summed E-state index contributed by atoms with van der Waals surface area (Å²) in [4.78, 5) is 4.38. The molecule has 0 radical (unpaired) electrons. The number of methoxy groups -OCH3 is 1. The average Bonchev–Trinajstić information content (AvgIpc) is 2.62. The van der Waals surface area contributed by atoms with Gasteiger partial charge in [0.25, 0.3) is 0 Å². The van der Waals surface area contributed by atoms with Gasteiger partial charge in [-0.3, -0.25) is 0 Å². The number of nitriles is 1. The molecule has 2 N–H and O–H groups in total. The van der Waals surface area contributed by atoms with Crippen molar-refractivity contribution in [2.75, 3.05) is 12.8 Å². The summed E-state index contributed by atoms with van der Waals surface area (Å²) in [6.45, 7) is 0. The summed E-state index contributed by atoms with van der Waals surface area (Å²) in [6.07, 6.45) is 0. The minimum atomic E-state index is 0.226. The number of anilines is 1. The van der Waals surface area contributed by atoms with Crippen LogP contribution in [-0.2, 0) is 0 Å². The highest BCUT2D eigenvalue weighted by Crippen LogP contribution is 2.32. The minimum absolute atomic E-state index is 0.226. The first-order chi connectivity index (χ1) is 11.6. The van der Waals surface area contributed by atoms with Crippen LogP contribution in [0.2, 0.25) is 0 Å². The van der Waals surface area contributed by atoms with Crippen LogP contribution < -0.4 is 10.5 Å². The molecule has 0 saturated heterocycles. The van der Waals surface area contributed by atoms with Crippen molar-refractivity contribution in [1.82, 2.24) is 4.98 Å². The Morgan fingerprint density at radius 2 is 1.67 bits per heavy atom. The molecule has 4 nitrogen and oxygen atoms in total. The third-order valence-corrected chi connectivity index (χ3v) is 4.23. The summed E-state index contributed by atoms with van der Waals surface area (Å²) in [5, 5.41) is 9.45. The van der Waals surface area contributed by atoms with E-state index in [1.807, 2.05) is 54.6 Å². The fraction of sp³-hybridized carbons (Fsp3) is 0.0526. The predicted octanol–water partition coefficient (Wildman–Crippen LogP) is 4.64. The monoisotopic (exact) mass is 379 g/mol. The van der Waals surface area contributed by atoms with Gasteiger partial charge in [0.1, 0.15) is 23.2 Å². The average molecular weight is 380 g/mol. The predicted molar refractivity (Wildman–Crippen MR) is 98.5 cm³/mol. The molecule has 5 heteroatoms. The Morgan fingerprint density at radius 3 is 2.25 bits per heavy atom. The number of nitrogens with zero attached hydrogens (tertiary/aromatic N) is 2. The maximum atomic E-state index is 9.45. The number of rotatable bonds is 3. The van der Waals surface area contributed by atoms with Gasteiger partial charge in [-0.25, -0.2) is 4.98 Å². The van der Waals surface area contributed by atoms with E-state index in [-0.39, 0.29) is 5.82 Å². The van der Waals surface area contributed by atoms with Crippen molar-refractivity contribution >= 4 is 21.7 Å². The second-order valence-electron chi connectivity index (χ2n) is 5.16. The summed E-state index contributed by atoms with van der Waals surface area (Å²) in [6, 6.07) is 19.3. The highest BCUT2D eigenvalue weighted by Gasteiger charge is 2.13. The topological polar surface area (TPSA) is 71.9 Å². The normalized spacial score (nSPS) is 10.2. The fourth-order valence-corrected chi connectivity index (χ4v) is 2.71. The minimum Gasteiger partial charge on any atom is -0.497 e. The lowest BCUT2D eigenvalue weighted by Crippen LogP contribution is -1.99. The molecular formula is C19H14BrN3O. The summed E-state index contributed by atoms with van der Waals surface area (Å²) < 4.78 is 6.15. The highest BCUT2D eigenvalue weighted by atomic mass is 79.9. The Kier molecular flexibility index (Phi) is 4.50. The lowest BCUT2D eigenvalue weighted by Gasteiger charge is -2.11. The molecule has 0 amide bonds. The summed E-state index contributed by atoms with van der Waals surface area (Å²) in [5.74, 6) is 0.997. The van der Waals surface area contributed by atoms with E-state index >= 15 is 0 Å². The SMILES string of the molecule is COc1ccc(-c2cc(-c3ccc(Br)cc3)c(C#N)c(N)n2)cc1. The molecule has 118 valence electrons. The maximum absolute atomic E-state index is 9.45. The van der Waals surface area contributed by atoms with E-state index in [1.54, 1.807) is 7.11 Å². The molecule has 1 heterocycles. The van der Waals surface area contributed by atoms with E-state index in [0.29, 0.717) is 11.3 Å². The third-order valence-electron chi connectivity index (χ3n) is 3.70. The van der Waals surface area contributed by atoms with Gasteiger partial charge < -0.3 is 10.5 Å². The van der Waals surface area contributed by atoms with Crippen LogP contribution in [0.3, 0.4) is 0 Å². The van der Waals surface area contributed by atoms with Crippen molar-refractivity contribution in [3.63, 3.8) is 0 Å². The molecule has 0 bridgehead atoms. The zero-order chi connectivity index (χ0) is 17.1. The molecule has 2 aromatic carbocycles. The van der Waals surface area contributed by atoms with Crippen molar-refractivity contribution in [3.05, 3.63) is 64.6 Å². The largest absolute Gasteiger partial charge is 0.497 e. The smallest absolute Gasteiger partial charge is 0.142 e. The standard InChI is InChI=1S/C19H14BrN3O/c1-24-15-8-4-13(5-9-15)18-10-16(17(11-21)19(22)23-18)12-2-6-14(20)7-3-12/h2-10H,1H3,(H2,22,23).